The minimum absolute atomic E-state index is 0.00116. The Morgan fingerprint density at radius 3 is 2.00 bits per heavy atom. The van der Waals surface area contributed by atoms with Gasteiger partial charge < -0.3 is 20.4 Å². The third-order valence-corrected chi connectivity index (χ3v) is 3.97. The Morgan fingerprint density at radius 1 is 0.955 bits per heavy atom. The minimum Gasteiger partial charge on any atom is -0.479 e. The fraction of sp³-hybridized carbons (Fsp3) is 0.875. The van der Waals surface area contributed by atoms with Crippen molar-refractivity contribution in [3.8, 4) is 0 Å². The maximum Gasteiger partial charge on any atom is 0.332 e. The first-order chi connectivity index (χ1) is 10.4. The number of carboxylic acids is 2. The van der Waals surface area contributed by atoms with Gasteiger partial charge >= 0.3 is 11.9 Å². The van der Waals surface area contributed by atoms with Gasteiger partial charge in [-0.1, -0.05) is 51.9 Å². The Morgan fingerprint density at radius 2 is 1.55 bits per heavy atom. The topological polar surface area (TPSA) is 115 Å². The zero-order valence-corrected chi connectivity index (χ0v) is 13.4. The lowest BCUT2D eigenvalue weighted by Gasteiger charge is -2.23. The Hall–Kier alpha value is -1.14. The molecule has 4 N–H and O–H groups in total. The fourth-order valence-corrected chi connectivity index (χ4v) is 2.54. The maximum absolute atomic E-state index is 10.3. The molecule has 0 aromatic heterocycles. The largest absolute Gasteiger partial charge is 0.479 e. The Labute approximate surface area is 132 Å². The molecular weight excluding hydrogens is 288 g/mol. The van der Waals surface area contributed by atoms with E-state index < -0.39 is 24.1 Å². The number of aliphatic hydroxyl groups excluding tert-OH is 2. The number of unbranched alkanes of at least 4 members (excludes halogenated alkanes) is 3. The van der Waals surface area contributed by atoms with E-state index >= 15 is 0 Å². The van der Waals surface area contributed by atoms with Crippen LogP contribution < -0.4 is 0 Å². The fourth-order valence-electron chi connectivity index (χ4n) is 2.54. The van der Waals surface area contributed by atoms with Gasteiger partial charge in [-0.2, -0.15) is 0 Å². The summed E-state index contributed by atoms with van der Waals surface area (Å²) in [6.07, 6.45) is 7.21. The van der Waals surface area contributed by atoms with Gasteiger partial charge in [0.2, 0.25) is 0 Å². The molecule has 1 fully saturated rings. The lowest BCUT2D eigenvalue weighted by Crippen LogP contribution is -2.30. The van der Waals surface area contributed by atoms with Crippen LogP contribution in [0.2, 0.25) is 0 Å². The van der Waals surface area contributed by atoms with Gasteiger partial charge in [-0.25, -0.2) is 9.59 Å². The lowest BCUT2D eigenvalue weighted by molar-refractivity contribution is -0.150. The van der Waals surface area contributed by atoms with E-state index in [0.29, 0.717) is 6.42 Å². The van der Waals surface area contributed by atoms with Gasteiger partial charge in [0.1, 0.15) is 0 Å². The van der Waals surface area contributed by atoms with E-state index in [-0.39, 0.29) is 5.92 Å². The molecule has 1 aliphatic rings. The second-order valence-electron chi connectivity index (χ2n) is 5.88. The van der Waals surface area contributed by atoms with E-state index in [4.69, 9.17) is 20.4 Å². The summed E-state index contributed by atoms with van der Waals surface area (Å²) < 4.78 is 0. The number of hydrogen-bond acceptors (Lipinski definition) is 4. The molecule has 0 saturated heterocycles. The summed E-state index contributed by atoms with van der Waals surface area (Å²) >= 11 is 0. The average Bonchev–Trinajstić information content (AvgIpc) is 2.51. The summed E-state index contributed by atoms with van der Waals surface area (Å²) in [5, 5.41) is 34.8. The van der Waals surface area contributed by atoms with Gasteiger partial charge in [0.05, 0.1) is 0 Å². The van der Waals surface area contributed by atoms with Crippen LogP contribution in [0.4, 0.5) is 0 Å². The zero-order chi connectivity index (χ0) is 17.0. The van der Waals surface area contributed by atoms with Gasteiger partial charge in [-0.05, 0) is 25.2 Å². The summed E-state index contributed by atoms with van der Waals surface area (Å²) in [7, 11) is 0. The Balaban J connectivity index is 0.000000401. The monoisotopic (exact) mass is 318 g/mol. The highest BCUT2D eigenvalue weighted by Gasteiger charge is 2.26. The van der Waals surface area contributed by atoms with Crippen LogP contribution in [0.1, 0.15) is 71.1 Å². The van der Waals surface area contributed by atoms with Gasteiger partial charge in [0.25, 0.3) is 0 Å². The molecule has 0 heterocycles. The molecule has 22 heavy (non-hydrogen) atoms. The normalized spacial score (nSPS) is 18.0. The molecule has 1 aliphatic carbocycles. The first-order valence-corrected chi connectivity index (χ1v) is 8.21. The standard InChI is InChI=1S/C8H14O3.C8H16O3/c9-7(8(10)11)6-4-2-1-3-5-6;1-2-3-4-5-6-7(9)8(10)11/h6-7,9H,1-5H2,(H,10,11);7,9H,2-6H2,1H3,(H,10,11). The van der Waals surface area contributed by atoms with Crippen molar-refractivity contribution in [1.82, 2.24) is 0 Å². The van der Waals surface area contributed by atoms with Crippen molar-refractivity contribution in [2.24, 2.45) is 5.92 Å². The maximum atomic E-state index is 10.3. The highest BCUT2D eigenvalue weighted by molar-refractivity contribution is 5.72. The van der Waals surface area contributed by atoms with Crippen LogP contribution >= 0.6 is 0 Å². The van der Waals surface area contributed by atoms with Crippen molar-refractivity contribution >= 4 is 11.9 Å². The summed E-state index contributed by atoms with van der Waals surface area (Å²) in [4.78, 5) is 20.5. The molecule has 2 unspecified atom stereocenters. The van der Waals surface area contributed by atoms with Crippen LogP contribution in [-0.2, 0) is 9.59 Å². The minimum atomic E-state index is -1.16. The van der Waals surface area contributed by atoms with Crippen LogP contribution in [0.3, 0.4) is 0 Å². The van der Waals surface area contributed by atoms with Crippen LogP contribution in [0.15, 0.2) is 0 Å². The van der Waals surface area contributed by atoms with Crippen molar-refractivity contribution < 1.29 is 30.0 Å². The predicted octanol–water partition coefficient (Wildman–Crippen LogP) is 2.41. The SMILES string of the molecule is CCCCCCC(O)C(=O)O.O=C(O)C(O)C1CCCCC1. The van der Waals surface area contributed by atoms with E-state index in [0.717, 1.165) is 51.4 Å². The molecule has 2 atom stereocenters. The molecular formula is C16H30O6. The average molecular weight is 318 g/mol. The number of rotatable bonds is 8. The van der Waals surface area contributed by atoms with Crippen molar-refractivity contribution in [2.45, 2.75) is 83.3 Å². The smallest absolute Gasteiger partial charge is 0.332 e. The van der Waals surface area contributed by atoms with Gasteiger partial charge in [-0.15, -0.1) is 0 Å². The summed E-state index contributed by atoms with van der Waals surface area (Å²) in [6, 6.07) is 0. The van der Waals surface area contributed by atoms with Crippen molar-refractivity contribution in [3.63, 3.8) is 0 Å². The molecule has 0 amide bonds. The van der Waals surface area contributed by atoms with Crippen LogP contribution in [-0.4, -0.2) is 44.6 Å². The first kappa shape index (κ1) is 20.9. The molecule has 1 rings (SSSR count). The van der Waals surface area contributed by atoms with Crippen LogP contribution in [0.5, 0.6) is 0 Å². The van der Waals surface area contributed by atoms with Crippen LogP contribution in [0.25, 0.3) is 0 Å². The highest BCUT2D eigenvalue weighted by atomic mass is 16.4. The molecule has 0 aromatic carbocycles. The third kappa shape index (κ3) is 9.73. The predicted molar refractivity (Wildman–Crippen MR) is 82.6 cm³/mol. The molecule has 0 spiro atoms. The second kappa shape index (κ2) is 12.4. The van der Waals surface area contributed by atoms with Gasteiger partial charge in [0, 0.05) is 0 Å². The number of carbonyl (C=O) groups is 2. The number of carboxylic acid groups (broad SMARTS) is 2. The van der Waals surface area contributed by atoms with Crippen molar-refractivity contribution in [1.29, 1.82) is 0 Å². The van der Waals surface area contributed by atoms with Crippen molar-refractivity contribution in [2.75, 3.05) is 0 Å². The zero-order valence-electron chi connectivity index (χ0n) is 13.4. The third-order valence-electron chi connectivity index (χ3n) is 3.97. The van der Waals surface area contributed by atoms with Crippen LogP contribution in [0, 0.1) is 5.92 Å². The Bertz CT molecular complexity index is 312. The molecule has 0 aromatic rings. The van der Waals surface area contributed by atoms with E-state index in [9.17, 15) is 9.59 Å². The second-order valence-corrected chi connectivity index (χ2v) is 5.88. The molecule has 6 heteroatoms. The van der Waals surface area contributed by atoms with Gasteiger partial charge in [0.15, 0.2) is 12.2 Å². The lowest BCUT2D eigenvalue weighted by atomic mass is 9.85. The molecule has 0 bridgehead atoms. The molecule has 1 saturated carbocycles. The summed E-state index contributed by atoms with van der Waals surface area (Å²) in [5.41, 5.74) is 0. The van der Waals surface area contributed by atoms with E-state index in [1.54, 1.807) is 0 Å². The summed E-state index contributed by atoms with van der Waals surface area (Å²) in [6.45, 7) is 2.09. The number of hydrogen-bond donors (Lipinski definition) is 4. The molecule has 0 radical (unpaired) electrons. The van der Waals surface area contributed by atoms with E-state index in [1.807, 2.05) is 0 Å². The van der Waals surface area contributed by atoms with E-state index in [1.165, 1.54) is 6.42 Å². The molecule has 6 nitrogen and oxygen atoms in total. The first-order valence-electron chi connectivity index (χ1n) is 8.21. The summed E-state index contributed by atoms with van der Waals surface area (Å²) in [5.74, 6) is -2.18. The molecule has 130 valence electrons. The quantitative estimate of drug-likeness (QED) is 0.511. The number of aliphatic carboxylic acids is 2. The number of aliphatic hydroxyl groups is 2. The van der Waals surface area contributed by atoms with Crippen molar-refractivity contribution in [3.05, 3.63) is 0 Å². The van der Waals surface area contributed by atoms with E-state index in [2.05, 4.69) is 6.92 Å². The van der Waals surface area contributed by atoms with Gasteiger partial charge in [-0.3, -0.25) is 0 Å². The highest BCUT2D eigenvalue weighted by Crippen LogP contribution is 2.26. The molecule has 0 aliphatic heterocycles. The Kier molecular flexibility index (Phi) is 11.8.